The monoisotopic (exact) mass is 205 g/mol. The van der Waals surface area contributed by atoms with Crippen molar-refractivity contribution in [3.63, 3.8) is 0 Å². The first kappa shape index (κ1) is 9.73. The molecule has 15 heavy (non-hydrogen) atoms. The van der Waals surface area contributed by atoms with Crippen LogP contribution in [-0.4, -0.2) is 10.3 Å². The third kappa shape index (κ3) is 2.57. The topological polar surface area (TPSA) is 55.5 Å². The number of aliphatic hydroxyl groups excluding tert-OH is 1. The summed E-state index contributed by atoms with van der Waals surface area (Å²) >= 11 is 0. The van der Waals surface area contributed by atoms with Crippen LogP contribution in [0.4, 0.5) is 0 Å². The molecule has 4 heteroatoms. The van der Waals surface area contributed by atoms with Crippen LogP contribution in [0.1, 0.15) is 11.3 Å². The maximum absolute atomic E-state index is 8.85. The Morgan fingerprint density at radius 3 is 2.60 bits per heavy atom. The molecule has 4 nitrogen and oxygen atoms in total. The van der Waals surface area contributed by atoms with E-state index in [0.29, 0.717) is 6.61 Å². The molecule has 1 aromatic heterocycles. The van der Waals surface area contributed by atoms with Gasteiger partial charge in [-0.25, -0.2) is 0 Å². The van der Waals surface area contributed by atoms with E-state index in [0.717, 1.165) is 17.0 Å². The number of aliphatic hydroxyl groups is 1. The fourth-order valence-electron chi connectivity index (χ4n) is 1.16. The van der Waals surface area contributed by atoms with Crippen molar-refractivity contribution in [1.29, 1.82) is 0 Å². The van der Waals surface area contributed by atoms with Gasteiger partial charge in [0.05, 0.1) is 6.61 Å². The van der Waals surface area contributed by atoms with Crippen LogP contribution < -0.4 is 4.74 Å². The van der Waals surface area contributed by atoms with Crippen LogP contribution in [0.5, 0.6) is 5.75 Å². The SMILES string of the molecule is OCc1ccc(OCc2ccon2)cc1. The summed E-state index contributed by atoms with van der Waals surface area (Å²) in [5, 5.41) is 12.6. The van der Waals surface area contributed by atoms with Crippen LogP contribution >= 0.6 is 0 Å². The summed E-state index contributed by atoms with van der Waals surface area (Å²) in [5.74, 6) is 0.746. The van der Waals surface area contributed by atoms with Crippen LogP contribution in [0.15, 0.2) is 41.1 Å². The highest BCUT2D eigenvalue weighted by molar-refractivity contribution is 5.26. The lowest BCUT2D eigenvalue weighted by atomic mass is 10.2. The smallest absolute Gasteiger partial charge is 0.134 e. The van der Waals surface area contributed by atoms with Crippen molar-refractivity contribution in [1.82, 2.24) is 5.16 Å². The summed E-state index contributed by atoms with van der Waals surface area (Å²) in [7, 11) is 0. The summed E-state index contributed by atoms with van der Waals surface area (Å²) in [4.78, 5) is 0. The lowest BCUT2D eigenvalue weighted by Crippen LogP contribution is -1.95. The van der Waals surface area contributed by atoms with Gasteiger partial charge in [0.25, 0.3) is 0 Å². The Morgan fingerprint density at radius 1 is 1.20 bits per heavy atom. The number of hydrogen-bond donors (Lipinski definition) is 1. The number of hydrogen-bond acceptors (Lipinski definition) is 4. The summed E-state index contributed by atoms with van der Waals surface area (Å²) in [6, 6.07) is 9.01. The van der Waals surface area contributed by atoms with Crippen LogP contribution in [0.3, 0.4) is 0 Å². The molecule has 0 amide bonds. The van der Waals surface area contributed by atoms with Gasteiger partial charge in [-0.05, 0) is 17.7 Å². The van der Waals surface area contributed by atoms with Gasteiger partial charge in [0.15, 0.2) is 0 Å². The Kier molecular flexibility index (Phi) is 2.99. The first-order chi connectivity index (χ1) is 7.38. The third-order valence-corrected chi connectivity index (χ3v) is 1.98. The van der Waals surface area contributed by atoms with E-state index < -0.39 is 0 Å². The Bertz CT molecular complexity index is 394. The summed E-state index contributed by atoms with van der Waals surface area (Å²) < 4.78 is 10.1. The molecule has 1 N–H and O–H groups in total. The number of ether oxygens (including phenoxy) is 1. The normalized spacial score (nSPS) is 10.2. The van der Waals surface area contributed by atoms with Crippen molar-refractivity contribution < 1.29 is 14.4 Å². The molecule has 0 aliphatic rings. The van der Waals surface area contributed by atoms with E-state index in [1.54, 1.807) is 6.07 Å². The molecule has 1 aromatic carbocycles. The molecule has 0 aliphatic carbocycles. The number of rotatable bonds is 4. The molecule has 0 unspecified atom stereocenters. The fourth-order valence-corrected chi connectivity index (χ4v) is 1.16. The first-order valence-electron chi connectivity index (χ1n) is 4.60. The number of nitrogens with zero attached hydrogens (tertiary/aromatic N) is 1. The highest BCUT2D eigenvalue weighted by atomic mass is 16.5. The molecular formula is C11H11NO3. The van der Waals surface area contributed by atoms with Crippen LogP contribution in [0, 0.1) is 0 Å². The van der Waals surface area contributed by atoms with Crippen molar-refractivity contribution >= 4 is 0 Å². The average Bonchev–Trinajstić information content (AvgIpc) is 2.80. The van der Waals surface area contributed by atoms with Crippen molar-refractivity contribution in [2.24, 2.45) is 0 Å². The maximum atomic E-state index is 8.85. The van der Waals surface area contributed by atoms with Crippen LogP contribution in [-0.2, 0) is 13.2 Å². The van der Waals surface area contributed by atoms with E-state index in [2.05, 4.69) is 9.68 Å². The van der Waals surface area contributed by atoms with Crippen molar-refractivity contribution in [2.45, 2.75) is 13.2 Å². The predicted octanol–water partition coefficient (Wildman–Crippen LogP) is 1.75. The molecular weight excluding hydrogens is 194 g/mol. The lowest BCUT2D eigenvalue weighted by Gasteiger charge is -2.03. The van der Waals surface area contributed by atoms with Gasteiger partial charge < -0.3 is 14.4 Å². The highest BCUT2D eigenvalue weighted by Gasteiger charge is 1.98. The minimum Gasteiger partial charge on any atom is -0.487 e. The van der Waals surface area contributed by atoms with E-state index in [1.165, 1.54) is 6.26 Å². The molecule has 0 aliphatic heterocycles. The highest BCUT2D eigenvalue weighted by Crippen LogP contribution is 2.13. The predicted molar refractivity (Wildman–Crippen MR) is 53.2 cm³/mol. The van der Waals surface area contributed by atoms with Gasteiger partial charge in [0, 0.05) is 6.07 Å². The number of aromatic nitrogens is 1. The van der Waals surface area contributed by atoms with E-state index in [4.69, 9.17) is 9.84 Å². The van der Waals surface area contributed by atoms with Crippen molar-refractivity contribution in [3.05, 3.63) is 47.9 Å². The Morgan fingerprint density at radius 2 is 2.00 bits per heavy atom. The molecule has 0 saturated carbocycles. The van der Waals surface area contributed by atoms with E-state index >= 15 is 0 Å². The van der Waals surface area contributed by atoms with Gasteiger partial charge in [-0.15, -0.1) is 0 Å². The van der Waals surface area contributed by atoms with E-state index in [9.17, 15) is 0 Å². The first-order valence-corrected chi connectivity index (χ1v) is 4.60. The molecule has 1 heterocycles. The fraction of sp³-hybridized carbons (Fsp3) is 0.182. The van der Waals surface area contributed by atoms with Crippen molar-refractivity contribution in [3.8, 4) is 5.75 Å². The van der Waals surface area contributed by atoms with Gasteiger partial charge in [-0.1, -0.05) is 17.3 Å². The summed E-state index contributed by atoms with van der Waals surface area (Å²) in [6.45, 7) is 0.429. The van der Waals surface area contributed by atoms with Gasteiger partial charge in [-0.2, -0.15) is 0 Å². The Hall–Kier alpha value is -1.81. The average molecular weight is 205 g/mol. The standard InChI is InChI=1S/C11H11NO3/c13-7-9-1-3-11(4-2-9)14-8-10-5-6-15-12-10/h1-6,13H,7-8H2. The molecule has 2 rings (SSSR count). The van der Waals surface area contributed by atoms with Crippen LogP contribution in [0.2, 0.25) is 0 Å². The quantitative estimate of drug-likeness (QED) is 0.826. The van der Waals surface area contributed by atoms with E-state index in [1.807, 2.05) is 24.3 Å². The largest absolute Gasteiger partial charge is 0.487 e. The maximum Gasteiger partial charge on any atom is 0.134 e. The number of benzene rings is 1. The molecule has 78 valence electrons. The zero-order valence-corrected chi connectivity index (χ0v) is 8.09. The van der Waals surface area contributed by atoms with Gasteiger partial charge >= 0.3 is 0 Å². The summed E-state index contributed by atoms with van der Waals surface area (Å²) in [5.41, 5.74) is 1.62. The van der Waals surface area contributed by atoms with Gasteiger partial charge in [0.2, 0.25) is 0 Å². The zero-order chi connectivity index (χ0) is 10.5. The van der Waals surface area contributed by atoms with Gasteiger partial charge in [-0.3, -0.25) is 0 Å². The van der Waals surface area contributed by atoms with Crippen LogP contribution in [0.25, 0.3) is 0 Å². The Balaban J connectivity index is 1.93. The van der Waals surface area contributed by atoms with E-state index in [-0.39, 0.29) is 6.61 Å². The third-order valence-electron chi connectivity index (χ3n) is 1.98. The van der Waals surface area contributed by atoms with Gasteiger partial charge in [0.1, 0.15) is 24.3 Å². The molecule has 2 aromatic rings. The van der Waals surface area contributed by atoms with Crippen molar-refractivity contribution in [2.75, 3.05) is 0 Å². The molecule has 0 saturated heterocycles. The second-order valence-electron chi connectivity index (χ2n) is 3.08. The molecule has 0 radical (unpaired) electrons. The second-order valence-corrected chi connectivity index (χ2v) is 3.08. The molecule has 0 bridgehead atoms. The minimum absolute atomic E-state index is 0.0452. The summed E-state index contributed by atoms with van der Waals surface area (Å²) in [6.07, 6.45) is 1.51. The zero-order valence-electron chi connectivity index (χ0n) is 8.09. The molecule has 0 atom stereocenters. The Labute approximate surface area is 87.1 Å². The lowest BCUT2D eigenvalue weighted by molar-refractivity contribution is 0.279. The second kappa shape index (κ2) is 4.61. The minimum atomic E-state index is 0.0452. The molecule has 0 spiro atoms. The molecule has 0 fully saturated rings.